The Morgan fingerprint density at radius 2 is 2.06 bits per heavy atom. The zero-order valence-corrected chi connectivity index (χ0v) is 11.5. The molecule has 0 radical (unpaired) electrons. The highest BCUT2D eigenvalue weighted by Crippen LogP contribution is 2.37. The Morgan fingerprint density at radius 3 is 2.83 bits per heavy atom. The first-order valence-electron chi connectivity index (χ1n) is 7.17. The smallest absolute Gasteiger partial charge is 0.151 e. The number of aromatic amines is 1. The van der Waals surface area contributed by atoms with Crippen molar-refractivity contribution in [1.82, 2.24) is 15.5 Å². The largest absolute Gasteiger partial charge is 0.366 e. The molecular formula is C14H24N4. The van der Waals surface area contributed by atoms with Gasteiger partial charge in [-0.3, -0.25) is 5.10 Å². The molecule has 0 atom stereocenters. The van der Waals surface area contributed by atoms with Gasteiger partial charge in [0.25, 0.3) is 0 Å². The number of H-pyrrole nitrogens is 1. The maximum Gasteiger partial charge on any atom is 0.151 e. The van der Waals surface area contributed by atoms with Gasteiger partial charge < -0.3 is 10.6 Å². The van der Waals surface area contributed by atoms with E-state index in [9.17, 15) is 0 Å². The Hall–Kier alpha value is -1.03. The van der Waals surface area contributed by atoms with Gasteiger partial charge in [0.2, 0.25) is 0 Å². The monoisotopic (exact) mass is 248 g/mol. The van der Waals surface area contributed by atoms with E-state index in [0.29, 0.717) is 11.5 Å². The van der Waals surface area contributed by atoms with E-state index in [4.69, 9.17) is 0 Å². The van der Waals surface area contributed by atoms with Crippen LogP contribution in [-0.4, -0.2) is 29.3 Å². The van der Waals surface area contributed by atoms with Crippen LogP contribution in [-0.2, 0) is 12.8 Å². The lowest BCUT2D eigenvalue weighted by Gasteiger charge is -2.30. The zero-order chi connectivity index (χ0) is 12.6. The molecule has 2 aliphatic rings. The first-order valence-corrected chi connectivity index (χ1v) is 7.17. The SMILES string of the molecule is CC1(C)CCc2[nH]nc(NC3CCNCC3)c2C1. The average molecular weight is 248 g/mol. The second-order valence-electron chi connectivity index (χ2n) is 6.54. The highest BCUT2D eigenvalue weighted by atomic mass is 15.2. The van der Waals surface area contributed by atoms with Crippen LogP contribution in [0.1, 0.15) is 44.4 Å². The molecule has 1 fully saturated rings. The van der Waals surface area contributed by atoms with Crippen LogP contribution in [0.15, 0.2) is 0 Å². The van der Waals surface area contributed by atoms with Crippen molar-refractivity contribution < 1.29 is 0 Å². The normalized spacial score (nSPS) is 23.7. The molecule has 0 bridgehead atoms. The van der Waals surface area contributed by atoms with Crippen molar-refractivity contribution in [3.63, 3.8) is 0 Å². The summed E-state index contributed by atoms with van der Waals surface area (Å²) >= 11 is 0. The van der Waals surface area contributed by atoms with Crippen molar-refractivity contribution in [3.8, 4) is 0 Å². The second kappa shape index (κ2) is 4.57. The molecule has 0 amide bonds. The highest BCUT2D eigenvalue weighted by molar-refractivity contribution is 5.49. The number of fused-ring (bicyclic) bond motifs is 1. The van der Waals surface area contributed by atoms with Gasteiger partial charge in [0.05, 0.1) is 0 Å². The Bertz CT molecular complexity index is 415. The Labute approximate surface area is 109 Å². The first kappa shape index (κ1) is 12.0. The van der Waals surface area contributed by atoms with Crippen LogP contribution in [0, 0.1) is 5.41 Å². The zero-order valence-electron chi connectivity index (χ0n) is 11.5. The lowest BCUT2D eigenvalue weighted by Crippen LogP contribution is -2.35. The summed E-state index contributed by atoms with van der Waals surface area (Å²) in [6, 6.07) is 0.587. The summed E-state index contributed by atoms with van der Waals surface area (Å²) in [4.78, 5) is 0. The van der Waals surface area contributed by atoms with Gasteiger partial charge in [0.15, 0.2) is 5.82 Å². The molecule has 18 heavy (non-hydrogen) atoms. The van der Waals surface area contributed by atoms with E-state index >= 15 is 0 Å². The minimum Gasteiger partial charge on any atom is -0.366 e. The molecule has 1 saturated heterocycles. The quantitative estimate of drug-likeness (QED) is 0.751. The maximum absolute atomic E-state index is 4.50. The number of anilines is 1. The highest BCUT2D eigenvalue weighted by Gasteiger charge is 2.29. The van der Waals surface area contributed by atoms with Gasteiger partial charge in [-0.25, -0.2) is 0 Å². The molecule has 100 valence electrons. The molecule has 1 aliphatic heterocycles. The summed E-state index contributed by atoms with van der Waals surface area (Å²) < 4.78 is 0. The minimum absolute atomic E-state index is 0.418. The number of nitrogens with one attached hydrogen (secondary N) is 3. The van der Waals surface area contributed by atoms with Crippen molar-refractivity contribution in [2.45, 2.75) is 52.0 Å². The van der Waals surface area contributed by atoms with E-state index in [0.717, 1.165) is 31.7 Å². The third kappa shape index (κ3) is 2.39. The van der Waals surface area contributed by atoms with Gasteiger partial charge in [-0.05, 0) is 50.6 Å². The standard InChI is InChI=1S/C14H24N4/c1-14(2)6-3-12-11(9-14)13(18-17-12)16-10-4-7-15-8-5-10/h10,15H,3-9H2,1-2H3,(H2,16,17,18). The van der Waals surface area contributed by atoms with Gasteiger partial charge in [0.1, 0.15) is 0 Å². The minimum atomic E-state index is 0.418. The van der Waals surface area contributed by atoms with Crippen LogP contribution in [0.3, 0.4) is 0 Å². The molecule has 0 saturated carbocycles. The molecule has 3 N–H and O–H groups in total. The predicted octanol–water partition coefficient (Wildman–Crippen LogP) is 2.09. The van der Waals surface area contributed by atoms with E-state index in [1.165, 1.54) is 30.5 Å². The van der Waals surface area contributed by atoms with E-state index in [-0.39, 0.29) is 0 Å². The fourth-order valence-electron chi connectivity index (χ4n) is 3.11. The Morgan fingerprint density at radius 1 is 1.28 bits per heavy atom. The van der Waals surface area contributed by atoms with E-state index in [1.54, 1.807) is 0 Å². The molecule has 0 spiro atoms. The first-order chi connectivity index (χ1) is 8.64. The molecule has 4 nitrogen and oxygen atoms in total. The summed E-state index contributed by atoms with van der Waals surface area (Å²) in [7, 11) is 0. The van der Waals surface area contributed by atoms with Crippen molar-refractivity contribution in [2.24, 2.45) is 5.41 Å². The van der Waals surface area contributed by atoms with E-state index < -0.39 is 0 Å². The van der Waals surface area contributed by atoms with Gasteiger partial charge >= 0.3 is 0 Å². The van der Waals surface area contributed by atoms with Crippen molar-refractivity contribution in [3.05, 3.63) is 11.3 Å². The van der Waals surface area contributed by atoms with E-state index in [1.807, 2.05) is 0 Å². The Kier molecular flexibility index (Phi) is 3.06. The maximum atomic E-state index is 4.50. The number of hydrogen-bond donors (Lipinski definition) is 3. The van der Waals surface area contributed by atoms with Crippen molar-refractivity contribution >= 4 is 5.82 Å². The van der Waals surface area contributed by atoms with Crippen LogP contribution in [0.2, 0.25) is 0 Å². The van der Waals surface area contributed by atoms with Crippen molar-refractivity contribution in [2.75, 3.05) is 18.4 Å². The number of aryl methyl sites for hydroxylation is 1. The van der Waals surface area contributed by atoms with Crippen LogP contribution in [0.4, 0.5) is 5.82 Å². The number of nitrogens with zero attached hydrogens (tertiary/aromatic N) is 1. The molecule has 0 aromatic carbocycles. The van der Waals surface area contributed by atoms with Gasteiger partial charge in [-0.1, -0.05) is 13.8 Å². The molecular weight excluding hydrogens is 224 g/mol. The number of rotatable bonds is 2. The van der Waals surface area contributed by atoms with Crippen LogP contribution >= 0.6 is 0 Å². The molecule has 2 heterocycles. The van der Waals surface area contributed by atoms with Gasteiger partial charge in [-0.2, -0.15) is 5.10 Å². The molecule has 1 aromatic rings. The third-order valence-corrected chi connectivity index (χ3v) is 4.34. The van der Waals surface area contributed by atoms with Crippen molar-refractivity contribution in [1.29, 1.82) is 0 Å². The fourth-order valence-corrected chi connectivity index (χ4v) is 3.11. The Balaban J connectivity index is 1.75. The van der Waals surface area contributed by atoms with Crippen LogP contribution < -0.4 is 10.6 Å². The summed E-state index contributed by atoms with van der Waals surface area (Å²) in [5.74, 6) is 1.12. The summed E-state index contributed by atoms with van der Waals surface area (Å²) in [5, 5.41) is 14.8. The summed E-state index contributed by atoms with van der Waals surface area (Å²) in [6.45, 7) is 6.96. The summed E-state index contributed by atoms with van der Waals surface area (Å²) in [6.07, 6.45) is 5.94. The third-order valence-electron chi connectivity index (χ3n) is 4.34. The molecule has 0 unspecified atom stereocenters. The van der Waals surface area contributed by atoms with E-state index in [2.05, 4.69) is 34.7 Å². The van der Waals surface area contributed by atoms with Crippen LogP contribution in [0.5, 0.6) is 0 Å². The molecule has 1 aromatic heterocycles. The topological polar surface area (TPSA) is 52.7 Å². The molecule has 3 rings (SSSR count). The lowest BCUT2D eigenvalue weighted by molar-refractivity contribution is 0.314. The predicted molar refractivity (Wildman–Crippen MR) is 73.9 cm³/mol. The number of piperidine rings is 1. The average Bonchev–Trinajstić information content (AvgIpc) is 2.72. The fraction of sp³-hybridized carbons (Fsp3) is 0.786. The molecule has 1 aliphatic carbocycles. The van der Waals surface area contributed by atoms with Crippen LogP contribution in [0.25, 0.3) is 0 Å². The number of aromatic nitrogens is 2. The lowest BCUT2D eigenvalue weighted by atomic mass is 9.76. The number of hydrogen-bond acceptors (Lipinski definition) is 3. The molecule has 4 heteroatoms. The van der Waals surface area contributed by atoms with Gasteiger partial charge in [0, 0.05) is 17.3 Å². The summed E-state index contributed by atoms with van der Waals surface area (Å²) in [5.41, 5.74) is 3.21. The second-order valence-corrected chi connectivity index (χ2v) is 6.54. The van der Waals surface area contributed by atoms with Gasteiger partial charge in [-0.15, -0.1) is 0 Å².